The van der Waals surface area contributed by atoms with Crippen molar-refractivity contribution in [3.05, 3.63) is 0 Å². The molecule has 0 saturated carbocycles. The van der Waals surface area contributed by atoms with Gasteiger partial charge in [-0.15, -0.1) is 22.2 Å². The summed E-state index contributed by atoms with van der Waals surface area (Å²) >= 11 is -0.370. The summed E-state index contributed by atoms with van der Waals surface area (Å²) in [5, 5.41) is 0. The van der Waals surface area contributed by atoms with Gasteiger partial charge in [0.2, 0.25) is 0 Å². The van der Waals surface area contributed by atoms with Crippen molar-refractivity contribution in [2.75, 3.05) is 85.3 Å². The molecule has 0 aromatic carbocycles. The van der Waals surface area contributed by atoms with Crippen LogP contribution in [0.5, 0.6) is 0 Å². The van der Waals surface area contributed by atoms with E-state index in [0.717, 1.165) is 6.42 Å². The molecular weight excluding hydrogens is 1600 g/mol. The Balaban J connectivity index is -0.000000239. The molecule has 0 aromatic heterocycles. The van der Waals surface area contributed by atoms with E-state index in [1.54, 1.807) is 32.7 Å². The van der Waals surface area contributed by atoms with E-state index in [4.69, 9.17) is 150 Å². The molecule has 4 heterocycles. The van der Waals surface area contributed by atoms with Gasteiger partial charge < -0.3 is 137 Å². The summed E-state index contributed by atoms with van der Waals surface area (Å²) in [7, 11) is -37.5. The van der Waals surface area contributed by atoms with E-state index in [2.05, 4.69) is 0 Å². The highest BCUT2D eigenvalue weighted by molar-refractivity contribution is 7.17. The lowest BCUT2D eigenvalue weighted by Gasteiger charge is -2.46. The highest BCUT2D eigenvalue weighted by Gasteiger charge is 2.73. The van der Waals surface area contributed by atoms with Crippen LogP contribution in [0.1, 0.15) is 114 Å². The molecule has 4 fully saturated rings. The van der Waals surface area contributed by atoms with Crippen LogP contribution >= 0.6 is 22.2 Å². The van der Waals surface area contributed by atoms with Crippen LogP contribution in [0.2, 0.25) is 77.1 Å². The molecule has 4 aliphatic heterocycles. The minimum absolute atomic E-state index is 0. The second-order valence-electron chi connectivity index (χ2n) is 19.5. The van der Waals surface area contributed by atoms with Gasteiger partial charge in [0.15, 0.2) is 0 Å². The van der Waals surface area contributed by atoms with Gasteiger partial charge in [-0.25, -0.2) is 0 Å². The summed E-state index contributed by atoms with van der Waals surface area (Å²) in [4.78, 5) is 22.4. The maximum Gasteiger partial charge on any atom is 0.882 e. The van der Waals surface area contributed by atoms with Crippen LogP contribution in [-0.4, -0.2) is 277 Å². The molecule has 4 aliphatic rings. The second-order valence-corrected chi connectivity index (χ2v) is 73.4. The predicted octanol–water partition coefficient (Wildman–Crippen LogP) is 8.92. The van der Waals surface area contributed by atoms with Crippen LogP contribution in [0.3, 0.4) is 0 Å². The number of fused-ring (bicyclic) bond motifs is 4. The van der Waals surface area contributed by atoms with Crippen molar-refractivity contribution in [3.63, 3.8) is 0 Å². The first-order valence-corrected chi connectivity index (χ1v) is 62.9. The molecule has 54 heteroatoms. The van der Waals surface area contributed by atoms with Gasteiger partial charge in [0.25, 0.3) is 24.7 Å². The van der Waals surface area contributed by atoms with Gasteiger partial charge in [-0.1, -0.05) is 114 Å². The summed E-state index contributed by atoms with van der Waals surface area (Å²) in [5.74, 6) is 0. The monoisotopic (exact) mass is 1720 g/mol. The smallest absolute Gasteiger partial charge is 0.488 e. The van der Waals surface area contributed by atoms with E-state index < -0.39 is 182 Å². The van der Waals surface area contributed by atoms with E-state index in [0.29, 0.717) is 31.0 Å². The summed E-state index contributed by atoms with van der Waals surface area (Å²) in [6, 6.07) is 1.51. The van der Waals surface area contributed by atoms with Crippen molar-refractivity contribution in [2.45, 2.75) is 191 Å². The van der Waals surface area contributed by atoms with Gasteiger partial charge in [-0.3, -0.25) is 0 Å². The fraction of sp³-hybridized carbons (Fsp3) is 1.00. The molecule has 0 aliphatic carbocycles. The lowest BCUT2D eigenvalue weighted by molar-refractivity contribution is -0.0440. The Morgan fingerprint density at radius 1 is 0.351 bits per heavy atom. The summed E-state index contributed by atoms with van der Waals surface area (Å²) in [5.41, 5.74) is 0. The number of hydrogen-bond donors (Lipinski definition) is 2. The fourth-order valence-electron chi connectivity index (χ4n) is 7.91. The molecule has 4 saturated heterocycles. The highest BCUT2D eigenvalue weighted by atomic mass is 35.6. The van der Waals surface area contributed by atoms with Crippen LogP contribution in [0.15, 0.2) is 0 Å². The van der Waals surface area contributed by atoms with Crippen molar-refractivity contribution in [3.8, 4) is 0 Å². The SMILES string of the molecule is C.C.C.C.C.C.C.C.C.C.CCC[Si@@]1(C)[O][Al]([O][Si@@](C)(Cl)CCC)[O][Si](OC)(OC)O[Si](OC)(OC)O[Si](OC)(OC)[O][Al]2[O][Si](O)(O1)O[Si@](C)(CCC)[O]2.CO[Si]1(OC)[O][Al]2[O][Si](C)(C)O[Si](C)([O]2)O[Si](C)(C)[O][Al]([O][Si@](C)(O)Cl)[O][Si](OC)(OC)O[Si](OC)(OC)O1. The standard InChI is InChI=1S/C8H21O6Si3.2C6H18O10Si3.C5H15O5Si3.C4H10ClOSi.CH4ClO2Si.10CH4.4Al/c1-5-7-15(3,9)13-17(11,12)14-16(4,10)8-6-2;2*1-9-17(7,10-2)15-19(13-5,14-6)16-18(8,11-3)12-4;1-11(2,6)9-13(5,8)10-12(3,4)7;1-3-4-7(2,5)6;1-5(2,3)4;;;;;;;;;;;;;;/h11H,5-8H2,1-4H3;2*1-6H3;1-5H3;3-4H2,1-2H3;3H,1H3;10*1H4;;;;/q-3;2*-2;-3;2*-1;;;;;;;;;;;4*+3/t15-,16+,17?;;;;7-;5-;;;;;;;;;;;;;;/m....10............../s1. The normalized spacial score (nSPS) is 28.0. The minimum atomic E-state index is -4.51. The zero-order valence-corrected chi connectivity index (χ0v) is 72.4. The Kier molecular flexibility index (Phi) is 57.4. The third kappa shape index (κ3) is 34.1. The molecule has 572 valence electrons. The van der Waals surface area contributed by atoms with E-state index in [9.17, 15) is 9.59 Å². The molecular formula is C40H126Al4Cl2O34Si14. The lowest BCUT2D eigenvalue weighted by atomic mass is 10.6. The molecule has 4 bridgehead atoms. The molecule has 2 unspecified atom stereocenters. The van der Waals surface area contributed by atoms with Crippen molar-refractivity contribution in [1.82, 2.24) is 0 Å². The van der Waals surface area contributed by atoms with Gasteiger partial charge in [-0.05, 0) is 70.5 Å². The highest BCUT2D eigenvalue weighted by Crippen LogP contribution is 2.38. The number of hydrogen-bond acceptors (Lipinski definition) is 34. The van der Waals surface area contributed by atoms with Gasteiger partial charge in [0.1, 0.15) is 0 Å². The van der Waals surface area contributed by atoms with E-state index in [-0.39, 0.29) is 74.3 Å². The number of halogens is 2. The third-order valence-corrected chi connectivity index (χ3v) is 73.1. The molecule has 4 rings (SSSR count). The zero-order valence-electron chi connectivity index (χ0n) is 52.3. The Bertz CT molecular complexity index is 2000. The molecule has 94 heavy (non-hydrogen) atoms. The summed E-state index contributed by atoms with van der Waals surface area (Å²) in [6.07, 6.45) is 2.10. The Hall–Kier alpha value is 4.39. The predicted molar refractivity (Wildman–Crippen MR) is 391 cm³/mol. The first-order chi connectivity index (χ1) is 38.7. The van der Waals surface area contributed by atoms with Gasteiger partial charge in [-0.2, -0.15) is 0 Å². The molecule has 2 N–H and O–H groups in total. The fourth-order valence-corrected chi connectivity index (χ4v) is 73.8. The minimum Gasteiger partial charge on any atom is -0.488 e. The Morgan fingerprint density at radius 2 is 0.649 bits per heavy atom. The largest absolute Gasteiger partial charge is 0.882 e. The van der Waals surface area contributed by atoms with Crippen LogP contribution in [0.25, 0.3) is 0 Å². The van der Waals surface area contributed by atoms with E-state index >= 15 is 0 Å². The second kappa shape index (κ2) is 47.2. The molecule has 0 amide bonds. The molecule has 0 radical (unpaired) electrons. The first-order valence-electron chi connectivity index (χ1n) is 25.9. The average molecular weight is 1720 g/mol. The Morgan fingerprint density at radius 3 is 0.957 bits per heavy atom. The van der Waals surface area contributed by atoms with Crippen LogP contribution in [-0.2, 0) is 128 Å². The molecule has 0 spiro atoms. The lowest BCUT2D eigenvalue weighted by Crippen LogP contribution is -2.73. The first kappa shape index (κ1) is 114. The Labute approximate surface area is 613 Å². The third-order valence-electron chi connectivity index (χ3n) is 11.3. The topological polar surface area (TPSA) is 336 Å². The molecule has 0 aromatic rings. The maximum absolute atomic E-state index is 12.0. The average Bonchev–Trinajstić information content (AvgIpc) is 0.774. The number of rotatable bonds is 22. The van der Waals surface area contributed by atoms with Crippen LogP contribution in [0, 0.1) is 0 Å². The molecule has 6 atom stereocenters. The van der Waals surface area contributed by atoms with Gasteiger partial charge in [0.05, 0.1) is 0 Å². The van der Waals surface area contributed by atoms with Crippen molar-refractivity contribution < 1.29 is 137 Å². The van der Waals surface area contributed by atoms with Crippen molar-refractivity contribution >= 4 is 205 Å². The zero-order chi connectivity index (χ0) is 64.2. The maximum atomic E-state index is 12.0. The van der Waals surface area contributed by atoms with Crippen molar-refractivity contribution in [2.24, 2.45) is 0 Å². The van der Waals surface area contributed by atoms with Crippen LogP contribution in [0.4, 0.5) is 0 Å². The van der Waals surface area contributed by atoms with Crippen molar-refractivity contribution in [1.29, 1.82) is 0 Å². The van der Waals surface area contributed by atoms with Crippen LogP contribution < -0.4 is 0 Å². The quantitative estimate of drug-likeness (QED) is 0.0754. The van der Waals surface area contributed by atoms with E-state index in [1.165, 1.54) is 91.9 Å². The summed E-state index contributed by atoms with van der Waals surface area (Å²) < 4.78 is 192. The molecule has 34 nitrogen and oxygen atoms in total. The summed E-state index contributed by atoms with van der Waals surface area (Å²) in [6.45, 7) is 21.4. The van der Waals surface area contributed by atoms with E-state index in [1.807, 2.05) is 40.4 Å². The van der Waals surface area contributed by atoms with Gasteiger partial charge >= 0.3 is 158 Å². The van der Waals surface area contributed by atoms with Gasteiger partial charge in [0, 0.05) is 91.9 Å².